The largest absolute Gasteiger partial charge is 0.324 e. The molecule has 2 saturated heterocycles. The Balaban J connectivity index is 1.63. The summed E-state index contributed by atoms with van der Waals surface area (Å²) in [4.78, 5) is 45.3. The molecule has 6 rings (SSSR count). The van der Waals surface area contributed by atoms with Crippen LogP contribution in [0.2, 0.25) is 0 Å². The number of carbonyl (C=O) groups is 2. The van der Waals surface area contributed by atoms with Gasteiger partial charge >= 0.3 is 0 Å². The molecule has 1 N–H and O–H groups in total. The maximum absolute atomic E-state index is 14.6. The zero-order valence-corrected chi connectivity index (χ0v) is 18.6. The molecule has 2 fully saturated rings. The smallest absolute Gasteiger partial charge is 0.269 e. The normalized spacial score (nSPS) is 27.0. The van der Waals surface area contributed by atoms with Gasteiger partial charge in [0.2, 0.25) is 5.91 Å². The molecular formula is C26H21FN4O4. The Morgan fingerprint density at radius 2 is 2.06 bits per heavy atom. The van der Waals surface area contributed by atoms with Gasteiger partial charge in [-0.1, -0.05) is 12.1 Å². The van der Waals surface area contributed by atoms with E-state index in [0.717, 1.165) is 6.42 Å². The Hall–Kier alpha value is -3.98. The number of hydrogen-bond acceptors (Lipinski definition) is 6. The standard InChI is InChI=1S/C26H21FN4O4/c27-17-8-9-20-19(13-17)26(25(33)29-20)23(24(32)16-5-2-10-28-14-16)22(21-7-3-11-30(21)26)15-4-1-6-18(12-15)31(34)35/h1-2,4-6,8-10,12-14,21-23H,3,7,11H2,(H,29,33)/t21?,22?,23?,26-/m1/s1. The topological polar surface area (TPSA) is 105 Å². The number of nitro groups is 1. The lowest BCUT2D eigenvalue weighted by Gasteiger charge is -2.36. The van der Waals surface area contributed by atoms with E-state index in [4.69, 9.17) is 0 Å². The van der Waals surface area contributed by atoms with Gasteiger partial charge in [0, 0.05) is 53.3 Å². The third kappa shape index (κ3) is 2.97. The third-order valence-electron chi connectivity index (χ3n) is 7.66. The van der Waals surface area contributed by atoms with Crippen LogP contribution in [0.4, 0.5) is 15.8 Å². The van der Waals surface area contributed by atoms with Crippen molar-refractivity contribution in [3.63, 3.8) is 0 Å². The number of halogens is 1. The molecule has 1 spiro atoms. The molecule has 176 valence electrons. The first-order valence-electron chi connectivity index (χ1n) is 11.5. The van der Waals surface area contributed by atoms with Gasteiger partial charge in [0.15, 0.2) is 5.78 Å². The molecule has 3 unspecified atom stereocenters. The fraction of sp³-hybridized carbons (Fsp3) is 0.269. The lowest BCUT2D eigenvalue weighted by Crippen LogP contribution is -2.52. The molecule has 4 atom stereocenters. The van der Waals surface area contributed by atoms with Gasteiger partial charge in [0.1, 0.15) is 11.4 Å². The van der Waals surface area contributed by atoms with Crippen molar-refractivity contribution in [1.29, 1.82) is 0 Å². The minimum atomic E-state index is -1.43. The van der Waals surface area contributed by atoms with Crippen molar-refractivity contribution in [3.8, 4) is 0 Å². The van der Waals surface area contributed by atoms with E-state index in [9.17, 15) is 24.1 Å². The number of fused-ring (bicyclic) bond motifs is 4. The molecule has 0 aliphatic carbocycles. The first-order chi connectivity index (χ1) is 16.9. The van der Waals surface area contributed by atoms with Crippen LogP contribution in [0.3, 0.4) is 0 Å². The molecule has 0 saturated carbocycles. The molecule has 3 aliphatic rings. The summed E-state index contributed by atoms with van der Waals surface area (Å²) >= 11 is 0. The van der Waals surface area contributed by atoms with Crippen LogP contribution < -0.4 is 5.32 Å². The molecule has 3 aromatic rings. The molecule has 1 aromatic heterocycles. The fourth-order valence-corrected chi connectivity index (χ4v) is 6.44. The van der Waals surface area contributed by atoms with Crippen molar-refractivity contribution in [2.75, 3.05) is 11.9 Å². The fourth-order valence-electron chi connectivity index (χ4n) is 6.44. The minimum Gasteiger partial charge on any atom is -0.324 e. The van der Waals surface area contributed by atoms with E-state index in [1.54, 1.807) is 30.5 Å². The number of pyridine rings is 1. The van der Waals surface area contributed by atoms with E-state index in [0.29, 0.717) is 35.3 Å². The number of carbonyl (C=O) groups excluding carboxylic acids is 2. The summed E-state index contributed by atoms with van der Waals surface area (Å²) in [5, 5.41) is 14.4. The highest BCUT2D eigenvalue weighted by Crippen LogP contribution is 2.61. The zero-order chi connectivity index (χ0) is 24.3. The zero-order valence-electron chi connectivity index (χ0n) is 18.6. The Kier molecular flexibility index (Phi) is 4.79. The highest BCUT2D eigenvalue weighted by molar-refractivity contribution is 6.12. The average Bonchev–Trinajstić information content (AvgIpc) is 3.52. The summed E-state index contributed by atoms with van der Waals surface area (Å²) in [5.41, 5.74) is 0.359. The summed E-state index contributed by atoms with van der Waals surface area (Å²) in [6.45, 7) is 0.552. The van der Waals surface area contributed by atoms with Gasteiger partial charge in [-0.25, -0.2) is 4.39 Å². The minimum absolute atomic E-state index is 0.0807. The van der Waals surface area contributed by atoms with Crippen LogP contribution in [-0.4, -0.2) is 39.1 Å². The predicted molar refractivity (Wildman–Crippen MR) is 124 cm³/mol. The molecule has 0 bridgehead atoms. The van der Waals surface area contributed by atoms with Crippen molar-refractivity contribution in [2.45, 2.75) is 30.3 Å². The Bertz CT molecular complexity index is 1380. The molecule has 4 heterocycles. The van der Waals surface area contributed by atoms with Crippen LogP contribution in [0, 0.1) is 21.8 Å². The monoisotopic (exact) mass is 472 g/mol. The van der Waals surface area contributed by atoms with E-state index in [-0.39, 0.29) is 23.4 Å². The summed E-state index contributed by atoms with van der Waals surface area (Å²) in [6.07, 6.45) is 4.53. The first-order valence-corrected chi connectivity index (χ1v) is 11.5. The Labute approximate surface area is 199 Å². The third-order valence-corrected chi connectivity index (χ3v) is 7.66. The summed E-state index contributed by atoms with van der Waals surface area (Å²) < 4.78 is 14.6. The second-order valence-electron chi connectivity index (χ2n) is 9.27. The number of nitrogens with one attached hydrogen (secondary N) is 1. The van der Waals surface area contributed by atoms with Crippen LogP contribution in [0.15, 0.2) is 67.0 Å². The Morgan fingerprint density at radius 1 is 1.20 bits per heavy atom. The molecule has 9 heteroatoms. The summed E-state index contributed by atoms with van der Waals surface area (Å²) in [5.74, 6) is -2.61. The maximum atomic E-state index is 14.6. The number of aromatic nitrogens is 1. The molecular weight excluding hydrogens is 451 g/mol. The van der Waals surface area contributed by atoms with Crippen molar-refractivity contribution in [1.82, 2.24) is 9.88 Å². The van der Waals surface area contributed by atoms with Crippen LogP contribution in [0.5, 0.6) is 0 Å². The SMILES string of the molecule is O=C(c1cccnc1)C1C(c2cccc([N+](=O)[O-])c2)C2CCCN2[C@@]12C(=O)Nc1ccc(F)cc12. The Morgan fingerprint density at radius 3 is 2.83 bits per heavy atom. The number of nitrogens with zero attached hydrogens (tertiary/aromatic N) is 3. The van der Waals surface area contributed by atoms with E-state index in [2.05, 4.69) is 10.3 Å². The lowest BCUT2D eigenvalue weighted by atomic mass is 9.69. The van der Waals surface area contributed by atoms with E-state index < -0.39 is 28.1 Å². The molecule has 1 amide bonds. The number of amides is 1. The number of Topliss-reactive ketones (excluding diaryl/α,β-unsaturated/α-hetero) is 1. The highest BCUT2D eigenvalue weighted by Gasteiger charge is 2.69. The molecule has 8 nitrogen and oxygen atoms in total. The van der Waals surface area contributed by atoms with E-state index in [1.807, 2.05) is 4.90 Å². The van der Waals surface area contributed by atoms with E-state index >= 15 is 0 Å². The van der Waals surface area contributed by atoms with Gasteiger partial charge in [0.05, 0.1) is 10.8 Å². The van der Waals surface area contributed by atoms with Crippen LogP contribution in [0.1, 0.15) is 40.2 Å². The summed E-state index contributed by atoms with van der Waals surface area (Å²) in [6, 6.07) is 13.5. The van der Waals surface area contributed by atoms with Crippen molar-refractivity contribution < 1.29 is 18.9 Å². The number of hydrogen-bond donors (Lipinski definition) is 1. The van der Waals surface area contributed by atoms with Gasteiger partial charge in [0.25, 0.3) is 5.69 Å². The van der Waals surface area contributed by atoms with Gasteiger partial charge < -0.3 is 5.32 Å². The predicted octanol–water partition coefficient (Wildman–Crippen LogP) is 4.04. The van der Waals surface area contributed by atoms with E-state index in [1.165, 1.54) is 36.5 Å². The molecule has 3 aliphatic heterocycles. The van der Waals surface area contributed by atoms with Crippen molar-refractivity contribution >= 4 is 23.1 Å². The van der Waals surface area contributed by atoms with Crippen molar-refractivity contribution in [2.24, 2.45) is 5.92 Å². The second kappa shape index (κ2) is 7.78. The molecule has 0 radical (unpaired) electrons. The highest BCUT2D eigenvalue weighted by atomic mass is 19.1. The first kappa shape index (κ1) is 21.5. The quantitative estimate of drug-likeness (QED) is 0.349. The lowest BCUT2D eigenvalue weighted by molar-refractivity contribution is -0.384. The van der Waals surface area contributed by atoms with Crippen LogP contribution in [-0.2, 0) is 10.3 Å². The van der Waals surface area contributed by atoms with Crippen molar-refractivity contribution in [3.05, 3.63) is 99.6 Å². The molecule has 2 aromatic carbocycles. The number of nitro benzene ring substituents is 1. The number of ketones is 1. The maximum Gasteiger partial charge on any atom is 0.269 e. The molecule has 35 heavy (non-hydrogen) atoms. The number of rotatable bonds is 4. The van der Waals surface area contributed by atoms with Crippen LogP contribution >= 0.6 is 0 Å². The number of benzene rings is 2. The number of non-ortho nitro benzene ring substituents is 1. The van der Waals surface area contributed by atoms with Gasteiger partial charge in [-0.15, -0.1) is 0 Å². The van der Waals surface area contributed by atoms with Gasteiger partial charge in [-0.05, 0) is 55.3 Å². The van der Waals surface area contributed by atoms with Gasteiger partial charge in [-0.3, -0.25) is 29.6 Å². The summed E-state index contributed by atoms with van der Waals surface area (Å²) in [7, 11) is 0. The number of anilines is 1. The average molecular weight is 472 g/mol. The van der Waals surface area contributed by atoms with Crippen LogP contribution in [0.25, 0.3) is 0 Å². The second-order valence-corrected chi connectivity index (χ2v) is 9.27. The van der Waals surface area contributed by atoms with Gasteiger partial charge in [-0.2, -0.15) is 0 Å².